The fraction of sp³-hybridized carbons (Fsp3) is 0.588. The standard InChI is InChI=1S/C17H25ClN2O/c1-3-19-12-14-7-9-20(10-8-14)17(21)13(2)15-5-4-6-16(18)11-15/h4-6,11,13-14,19H,3,7-10,12H2,1-2H3. The van der Waals surface area contributed by atoms with E-state index < -0.39 is 0 Å². The summed E-state index contributed by atoms with van der Waals surface area (Å²) in [4.78, 5) is 14.6. The Labute approximate surface area is 132 Å². The Hall–Kier alpha value is -1.06. The van der Waals surface area contributed by atoms with Crippen molar-refractivity contribution >= 4 is 17.5 Å². The molecule has 1 aliphatic heterocycles. The van der Waals surface area contributed by atoms with Crippen LogP contribution in [-0.4, -0.2) is 37.0 Å². The quantitative estimate of drug-likeness (QED) is 0.905. The van der Waals surface area contributed by atoms with Crippen LogP contribution in [0.5, 0.6) is 0 Å². The van der Waals surface area contributed by atoms with Gasteiger partial charge in [0.15, 0.2) is 0 Å². The number of carbonyl (C=O) groups excluding carboxylic acids is 1. The molecule has 116 valence electrons. The van der Waals surface area contributed by atoms with Gasteiger partial charge in [0.25, 0.3) is 0 Å². The number of hydrogen-bond donors (Lipinski definition) is 1. The van der Waals surface area contributed by atoms with Gasteiger partial charge in [0.2, 0.25) is 5.91 Å². The number of amides is 1. The van der Waals surface area contributed by atoms with Crippen LogP contribution in [0.2, 0.25) is 5.02 Å². The Morgan fingerprint density at radius 1 is 1.43 bits per heavy atom. The second-order valence-electron chi connectivity index (χ2n) is 5.85. The maximum absolute atomic E-state index is 12.6. The van der Waals surface area contributed by atoms with Crippen LogP contribution in [0.25, 0.3) is 0 Å². The van der Waals surface area contributed by atoms with E-state index in [9.17, 15) is 4.79 Å². The summed E-state index contributed by atoms with van der Waals surface area (Å²) in [5.74, 6) is 0.809. The topological polar surface area (TPSA) is 32.3 Å². The fourth-order valence-corrected chi connectivity index (χ4v) is 3.10. The Kier molecular flexibility index (Phi) is 6.07. The van der Waals surface area contributed by atoms with Crippen LogP contribution in [0.1, 0.15) is 38.2 Å². The van der Waals surface area contributed by atoms with Gasteiger partial charge in [0.1, 0.15) is 0 Å². The van der Waals surface area contributed by atoms with E-state index in [1.165, 1.54) is 0 Å². The average molecular weight is 309 g/mol. The molecule has 0 radical (unpaired) electrons. The molecule has 1 heterocycles. The highest BCUT2D eigenvalue weighted by Crippen LogP contribution is 2.24. The maximum Gasteiger partial charge on any atom is 0.229 e. The number of nitrogens with zero attached hydrogens (tertiary/aromatic N) is 1. The predicted molar refractivity (Wildman–Crippen MR) is 87.7 cm³/mol. The van der Waals surface area contributed by atoms with Gasteiger partial charge in [-0.2, -0.15) is 0 Å². The highest BCUT2D eigenvalue weighted by Gasteiger charge is 2.26. The third kappa shape index (κ3) is 4.45. The van der Waals surface area contributed by atoms with Gasteiger partial charge in [-0.05, 0) is 56.5 Å². The molecule has 4 heteroatoms. The van der Waals surface area contributed by atoms with Gasteiger partial charge in [0.05, 0.1) is 5.92 Å². The molecule has 3 nitrogen and oxygen atoms in total. The van der Waals surface area contributed by atoms with Crippen molar-refractivity contribution in [1.82, 2.24) is 10.2 Å². The molecule has 1 saturated heterocycles. The summed E-state index contributed by atoms with van der Waals surface area (Å²) in [5.41, 5.74) is 1.00. The highest BCUT2D eigenvalue weighted by molar-refractivity contribution is 6.30. The van der Waals surface area contributed by atoms with Crippen molar-refractivity contribution in [2.45, 2.75) is 32.6 Å². The molecule has 21 heavy (non-hydrogen) atoms. The van der Waals surface area contributed by atoms with Crippen LogP contribution in [0.3, 0.4) is 0 Å². The minimum atomic E-state index is -0.117. The van der Waals surface area contributed by atoms with Crippen molar-refractivity contribution in [3.05, 3.63) is 34.9 Å². The molecular formula is C17H25ClN2O. The largest absolute Gasteiger partial charge is 0.342 e. The van der Waals surface area contributed by atoms with Crippen molar-refractivity contribution in [2.75, 3.05) is 26.2 Å². The first-order valence-electron chi connectivity index (χ1n) is 7.86. The first-order chi connectivity index (χ1) is 10.1. The summed E-state index contributed by atoms with van der Waals surface area (Å²) < 4.78 is 0. The van der Waals surface area contributed by atoms with Crippen LogP contribution >= 0.6 is 11.6 Å². The van der Waals surface area contributed by atoms with Crippen LogP contribution in [-0.2, 0) is 4.79 Å². The minimum Gasteiger partial charge on any atom is -0.342 e. The molecule has 1 aromatic carbocycles. The van der Waals surface area contributed by atoms with E-state index in [4.69, 9.17) is 11.6 Å². The summed E-state index contributed by atoms with van der Waals surface area (Å²) in [6, 6.07) is 7.62. The third-order valence-electron chi connectivity index (χ3n) is 4.33. The van der Waals surface area contributed by atoms with Crippen LogP contribution in [0.4, 0.5) is 0 Å². The zero-order chi connectivity index (χ0) is 15.2. The van der Waals surface area contributed by atoms with Gasteiger partial charge in [-0.15, -0.1) is 0 Å². The third-order valence-corrected chi connectivity index (χ3v) is 4.56. The summed E-state index contributed by atoms with van der Waals surface area (Å²) in [6.45, 7) is 7.94. The molecule has 1 unspecified atom stereocenters. The molecule has 1 aromatic rings. The molecule has 1 aliphatic rings. The monoisotopic (exact) mass is 308 g/mol. The lowest BCUT2D eigenvalue weighted by atomic mass is 9.94. The fourth-order valence-electron chi connectivity index (χ4n) is 2.90. The number of likely N-dealkylation sites (tertiary alicyclic amines) is 1. The Morgan fingerprint density at radius 2 is 2.14 bits per heavy atom. The number of rotatable bonds is 5. The number of hydrogen-bond acceptors (Lipinski definition) is 2. The van der Waals surface area contributed by atoms with E-state index in [1.807, 2.05) is 36.1 Å². The Balaban J connectivity index is 1.89. The van der Waals surface area contributed by atoms with Gasteiger partial charge >= 0.3 is 0 Å². The summed E-state index contributed by atoms with van der Waals surface area (Å²) >= 11 is 6.02. The lowest BCUT2D eigenvalue weighted by Gasteiger charge is -2.33. The van der Waals surface area contributed by atoms with E-state index in [2.05, 4.69) is 12.2 Å². The van der Waals surface area contributed by atoms with E-state index in [0.717, 1.165) is 44.6 Å². The number of nitrogens with one attached hydrogen (secondary N) is 1. The van der Waals surface area contributed by atoms with Crippen LogP contribution < -0.4 is 5.32 Å². The Morgan fingerprint density at radius 3 is 2.76 bits per heavy atom. The van der Waals surface area contributed by atoms with Crippen molar-refractivity contribution in [2.24, 2.45) is 5.92 Å². The zero-order valence-corrected chi connectivity index (χ0v) is 13.7. The number of piperidine rings is 1. The molecule has 0 spiro atoms. The summed E-state index contributed by atoms with van der Waals surface area (Å²) in [6.07, 6.45) is 2.20. The second kappa shape index (κ2) is 7.81. The second-order valence-corrected chi connectivity index (χ2v) is 6.29. The molecule has 1 N–H and O–H groups in total. The number of benzene rings is 1. The van der Waals surface area contributed by atoms with E-state index >= 15 is 0 Å². The average Bonchev–Trinajstić information content (AvgIpc) is 2.52. The Bertz CT molecular complexity index is 470. The normalized spacial score (nSPS) is 17.8. The molecule has 0 aromatic heterocycles. The van der Waals surface area contributed by atoms with Crippen molar-refractivity contribution in [3.8, 4) is 0 Å². The first kappa shape index (κ1) is 16.3. The molecule has 2 rings (SSSR count). The van der Waals surface area contributed by atoms with Gasteiger partial charge in [0, 0.05) is 18.1 Å². The molecule has 0 aliphatic carbocycles. The maximum atomic E-state index is 12.6. The van der Waals surface area contributed by atoms with E-state index in [0.29, 0.717) is 10.9 Å². The van der Waals surface area contributed by atoms with Gasteiger partial charge in [-0.25, -0.2) is 0 Å². The first-order valence-corrected chi connectivity index (χ1v) is 8.24. The summed E-state index contributed by atoms with van der Waals surface area (Å²) in [7, 11) is 0. The molecular weight excluding hydrogens is 284 g/mol. The van der Waals surface area contributed by atoms with Gasteiger partial charge in [-0.3, -0.25) is 4.79 Å². The van der Waals surface area contributed by atoms with Gasteiger partial charge < -0.3 is 10.2 Å². The van der Waals surface area contributed by atoms with E-state index in [1.54, 1.807) is 0 Å². The highest BCUT2D eigenvalue weighted by atomic mass is 35.5. The summed E-state index contributed by atoms with van der Waals surface area (Å²) in [5, 5.41) is 4.09. The smallest absolute Gasteiger partial charge is 0.229 e. The molecule has 1 fully saturated rings. The van der Waals surface area contributed by atoms with Crippen molar-refractivity contribution in [1.29, 1.82) is 0 Å². The lowest BCUT2D eigenvalue weighted by molar-refractivity contribution is -0.133. The molecule has 0 bridgehead atoms. The van der Waals surface area contributed by atoms with E-state index in [-0.39, 0.29) is 11.8 Å². The zero-order valence-electron chi connectivity index (χ0n) is 12.9. The van der Waals surface area contributed by atoms with Crippen molar-refractivity contribution in [3.63, 3.8) is 0 Å². The number of carbonyl (C=O) groups is 1. The molecule has 1 atom stereocenters. The van der Waals surface area contributed by atoms with Crippen molar-refractivity contribution < 1.29 is 4.79 Å². The van der Waals surface area contributed by atoms with Gasteiger partial charge in [-0.1, -0.05) is 30.7 Å². The minimum absolute atomic E-state index is 0.117. The molecule has 1 amide bonds. The molecule has 0 saturated carbocycles. The van der Waals surface area contributed by atoms with Crippen LogP contribution in [0, 0.1) is 5.92 Å². The predicted octanol–water partition coefficient (Wildman–Crippen LogP) is 3.29. The lowest BCUT2D eigenvalue weighted by Crippen LogP contribution is -2.42. The number of halogens is 1. The SMILES string of the molecule is CCNCC1CCN(C(=O)C(C)c2cccc(Cl)c2)CC1. The van der Waals surface area contributed by atoms with Crippen LogP contribution in [0.15, 0.2) is 24.3 Å².